The minimum Gasteiger partial charge on any atom is -0.363 e. The molecule has 5 nitrogen and oxygen atoms in total. The summed E-state index contributed by atoms with van der Waals surface area (Å²) in [7, 11) is 0. The van der Waals surface area contributed by atoms with Crippen LogP contribution in [-0.4, -0.2) is 14.7 Å². The number of aliphatic hydroxyl groups excluding tert-OH is 1. The Morgan fingerprint density at radius 2 is 1.90 bits per heavy atom. The van der Waals surface area contributed by atoms with Crippen LogP contribution in [-0.2, 0) is 23.3 Å². The minimum absolute atomic E-state index is 0.590. The van der Waals surface area contributed by atoms with Crippen molar-refractivity contribution in [3.8, 4) is 17.2 Å². The van der Waals surface area contributed by atoms with Crippen LogP contribution in [0.25, 0.3) is 11.1 Å². The first kappa shape index (κ1) is 19.4. The highest BCUT2D eigenvalue weighted by Crippen LogP contribution is 2.42. The first-order valence-electron chi connectivity index (χ1n) is 9.98. The number of hydrogen-bond donors (Lipinski definition) is 1. The third-order valence-corrected chi connectivity index (χ3v) is 5.42. The SMILES string of the molecule is CCCc1nc2c(n1Cc1ccc(-c3ccccc3C#N)cc1)C(O)OC2(C)C. The number of ether oxygens (including phenoxy) is 1. The predicted octanol–water partition coefficient (Wildman–Crippen LogP) is 4.68. The molecule has 1 aliphatic heterocycles. The number of fused-ring (bicyclic) bond motifs is 1. The molecule has 29 heavy (non-hydrogen) atoms. The lowest BCUT2D eigenvalue weighted by Crippen LogP contribution is -2.18. The topological polar surface area (TPSA) is 71.1 Å². The Kier molecular flexibility index (Phi) is 4.99. The zero-order valence-electron chi connectivity index (χ0n) is 17.0. The summed E-state index contributed by atoms with van der Waals surface area (Å²) in [5, 5.41) is 19.8. The molecule has 1 N–H and O–H groups in total. The molecular weight excluding hydrogens is 362 g/mol. The molecule has 148 valence electrons. The van der Waals surface area contributed by atoms with Gasteiger partial charge in [-0.3, -0.25) is 0 Å². The third kappa shape index (κ3) is 3.46. The van der Waals surface area contributed by atoms with E-state index in [2.05, 4.69) is 29.7 Å². The molecule has 1 unspecified atom stereocenters. The second kappa shape index (κ2) is 7.47. The first-order chi connectivity index (χ1) is 13.9. The number of rotatable bonds is 5. The Bertz CT molecular complexity index is 1070. The normalized spacial score (nSPS) is 17.1. The Morgan fingerprint density at radius 3 is 2.59 bits per heavy atom. The fourth-order valence-corrected chi connectivity index (χ4v) is 3.99. The van der Waals surface area contributed by atoms with Crippen LogP contribution in [0.5, 0.6) is 0 Å². The van der Waals surface area contributed by atoms with Gasteiger partial charge >= 0.3 is 0 Å². The molecule has 0 aliphatic carbocycles. The van der Waals surface area contributed by atoms with Crippen LogP contribution in [0.15, 0.2) is 48.5 Å². The van der Waals surface area contributed by atoms with Gasteiger partial charge in [0.15, 0.2) is 6.29 Å². The lowest BCUT2D eigenvalue weighted by molar-refractivity contribution is -0.161. The Morgan fingerprint density at radius 1 is 1.17 bits per heavy atom. The van der Waals surface area contributed by atoms with Crippen molar-refractivity contribution in [3.05, 3.63) is 76.9 Å². The van der Waals surface area contributed by atoms with Crippen LogP contribution >= 0.6 is 0 Å². The van der Waals surface area contributed by atoms with E-state index in [-0.39, 0.29) is 0 Å². The van der Waals surface area contributed by atoms with Crippen LogP contribution in [0.4, 0.5) is 0 Å². The second-order valence-electron chi connectivity index (χ2n) is 7.93. The van der Waals surface area contributed by atoms with Crippen molar-refractivity contribution in [2.24, 2.45) is 0 Å². The largest absolute Gasteiger partial charge is 0.363 e. The number of nitrogens with zero attached hydrogens (tertiary/aromatic N) is 3. The van der Waals surface area contributed by atoms with Gasteiger partial charge < -0.3 is 14.4 Å². The van der Waals surface area contributed by atoms with Gasteiger partial charge in [0.25, 0.3) is 0 Å². The molecule has 0 bridgehead atoms. The summed E-state index contributed by atoms with van der Waals surface area (Å²) in [6, 6.07) is 18.1. The summed E-state index contributed by atoms with van der Waals surface area (Å²) in [4.78, 5) is 4.81. The van der Waals surface area contributed by atoms with Crippen molar-refractivity contribution in [2.45, 2.75) is 52.0 Å². The Labute approximate surface area is 171 Å². The zero-order chi connectivity index (χ0) is 20.6. The quantitative estimate of drug-likeness (QED) is 0.690. The standard InChI is InChI=1S/C24H25N3O2/c1-4-7-20-26-22-21(23(28)29-24(22,2)3)27(20)15-16-10-12-17(13-11-16)19-9-6-5-8-18(19)14-25/h5-6,8-13,23,28H,4,7,15H2,1-3H3. The summed E-state index contributed by atoms with van der Waals surface area (Å²) in [5.74, 6) is 0.979. The van der Waals surface area contributed by atoms with Gasteiger partial charge in [-0.1, -0.05) is 49.4 Å². The average molecular weight is 387 g/mol. The van der Waals surface area contributed by atoms with Crippen LogP contribution < -0.4 is 0 Å². The van der Waals surface area contributed by atoms with Crippen LogP contribution in [0.2, 0.25) is 0 Å². The van der Waals surface area contributed by atoms with E-state index in [9.17, 15) is 10.4 Å². The Hall–Kier alpha value is -2.94. The van der Waals surface area contributed by atoms with Crippen LogP contribution in [0.1, 0.15) is 61.8 Å². The molecule has 3 aromatic rings. The van der Waals surface area contributed by atoms with Gasteiger partial charge in [-0.2, -0.15) is 5.26 Å². The molecule has 0 saturated carbocycles. The maximum absolute atomic E-state index is 10.5. The van der Waals surface area contributed by atoms with Crippen molar-refractivity contribution >= 4 is 0 Å². The Balaban J connectivity index is 1.68. The molecular formula is C24H25N3O2. The van der Waals surface area contributed by atoms with Crippen molar-refractivity contribution in [3.63, 3.8) is 0 Å². The fraction of sp³-hybridized carbons (Fsp3) is 0.333. The molecule has 0 spiro atoms. The molecule has 1 atom stereocenters. The molecule has 4 rings (SSSR count). The number of aryl methyl sites for hydroxylation is 1. The number of hydrogen-bond acceptors (Lipinski definition) is 4. The molecule has 1 aliphatic rings. The smallest absolute Gasteiger partial charge is 0.199 e. The lowest BCUT2D eigenvalue weighted by Gasteiger charge is -2.18. The highest BCUT2D eigenvalue weighted by Gasteiger charge is 2.42. The zero-order valence-corrected chi connectivity index (χ0v) is 17.0. The molecule has 2 aromatic carbocycles. The monoisotopic (exact) mass is 387 g/mol. The van der Waals surface area contributed by atoms with Crippen LogP contribution in [0.3, 0.4) is 0 Å². The van der Waals surface area contributed by atoms with Crippen molar-refractivity contribution < 1.29 is 9.84 Å². The fourth-order valence-electron chi connectivity index (χ4n) is 3.99. The van der Waals surface area contributed by atoms with E-state index >= 15 is 0 Å². The number of aromatic nitrogens is 2. The average Bonchev–Trinajstić information content (AvgIpc) is 3.18. The van der Waals surface area contributed by atoms with E-state index in [1.54, 1.807) is 0 Å². The summed E-state index contributed by atoms with van der Waals surface area (Å²) >= 11 is 0. The molecule has 5 heteroatoms. The number of nitriles is 1. The maximum atomic E-state index is 10.5. The molecule has 1 aromatic heterocycles. The first-order valence-corrected chi connectivity index (χ1v) is 9.98. The van der Waals surface area contributed by atoms with E-state index < -0.39 is 11.9 Å². The second-order valence-corrected chi connectivity index (χ2v) is 7.93. The van der Waals surface area contributed by atoms with Gasteiger partial charge in [0.05, 0.1) is 17.3 Å². The van der Waals surface area contributed by atoms with E-state index in [1.165, 1.54) is 0 Å². The van der Waals surface area contributed by atoms with E-state index in [0.717, 1.165) is 46.7 Å². The van der Waals surface area contributed by atoms with Gasteiger partial charge in [-0.15, -0.1) is 0 Å². The number of aliphatic hydroxyl groups is 1. The van der Waals surface area contributed by atoms with Crippen molar-refractivity contribution in [2.75, 3.05) is 0 Å². The minimum atomic E-state index is -0.958. The van der Waals surface area contributed by atoms with E-state index in [0.29, 0.717) is 12.1 Å². The van der Waals surface area contributed by atoms with Crippen molar-refractivity contribution in [1.82, 2.24) is 9.55 Å². The van der Waals surface area contributed by atoms with Gasteiger partial charge in [0.1, 0.15) is 17.1 Å². The third-order valence-electron chi connectivity index (χ3n) is 5.42. The number of benzene rings is 2. The van der Waals surface area contributed by atoms with Gasteiger partial charge in [0, 0.05) is 13.0 Å². The summed E-state index contributed by atoms with van der Waals surface area (Å²) in [6.07, 6.45) is 0.875. The van der Waals surface area contributed by atoms with Gasteiger partial charge in [-0.25, -0.2) is 4.98 Å². The molecule has 0 radical (unpaired) electrons. The summed E-state index contributed by atoms with van der Waals surface area (Å²) < 4.78 is 7.81. The lowest BCUT2D eigenvalue weighted by atomic mass is 9.99. The molecule has 2 heterocycles. The van der Waals surface area contributed by atoms with Crippen LogP contribution in [0, 0.1) is 11.3 Å². The maximum Gasteiger partial charge on any atom is 0.199 e. The summed E-state index contributed by atoms with van der Waals surface area (Å²) in [5.41, 5.74) is 4.72. The van der Waals surface area contributed by atoms with E-state index in [4.69, 9.17) is 9.72 Å². The molecule has 0 fully saturated rings. The van der Waals surface area contributed by atoms with Gasteiger partial charge in [-0.05, 0) is 43.0 Å². The van der Waals surface area contributed by atoms with E-state index in [1.807, 2.05) is 50.2 Å². The molecule has 0 saturated heterocycles. The molecule has 0 amide bonds. The van der Waals surface area contributed by atoms with Gasteiger partial charge in [0.2, 0.25) is 0 Å². The number of imidazole rings is 1. The highest BCUT2D eigenvalue weighted by molar-refractivity contribution is 5.70. The van der Waals surface area contributed by atoms with Crippen molar-refractivity contribution in [1.29, 1.82) is 5.26 Å². The summed E-state index contributed by atoms with van der Waals surface area (Å²) in [6.45, 7) is 6.63. The highest BCUT2D eigenvalue weighted by atomic mass is 16.6. The predicted molar refractivity (Wildman–Crippen MR) is 111 cm³/mol.